The molecule has 2 heterocycles. The van der Waals surface area contributed by atoms with E-state index in [1.165, 1.54) is 24.8 Å². The molecule has 0 aromatic carbocycles. The van der Waals surface area contributed by atoms with Crippen LogP contribution in [0.15, 0.2) is 24.5 Å². The molecule has 1 saturated carbocycles. The first-order valence-corrected chi connectivity index (χ1v) is 8.15. The smallest absolute Gasteiger partial charge is 0.0859 e. The van der Waals surface area contributed by atoms with Gasteiger partial charge in [0.25, 0.3) is 0 Å². The molecule has 0 amide bonds. The van der Waals surface area contributed by atoms with Crippen molar-refractivity contribution in [1.82, 2.24) is 9.88 Å². The summed E-state index contributed by atoms with van der Waals surface area (Å²) in [6.45, 7) is 7.56. The van der Waals surface area contributed by atoms with Crippen LogP contribution in [0.5, 0.6) is 0 Å². The molecule has 116 valence electrons. The second kappa shape index (κ2) is 6.86. The first-order valence-electron chi connectivity index (χ1n) is 8.15. The van der Waals surface area contributed by atoms with Gasteiger partial charge >= 0.3 is 0 Å². The first-order chi connectivity index (χ1) is 10.3. The van der Waals surface area contributed by atoms with Gasteiger partial charge in [-0.3, -0.25) is 9.88 Å². The standard InChI is InChI=1S/C17H26N2O2/c1-2-20-13-16-6-3-7-17(16)14-19(9-10-21-17)12-15-5-4-8-18-11-15/h4-5,8,11,16H,2-3,6-7,9-10,12-14H2,1H3/t16-,17+/m0/s1. The lowest BCUT2D eigenvalue weighted by Gasteiger charge is -2.44. The molecule has 3 rings (SSSR count). The fourth-order valence-electron chi connectivity index (χ4n) is 3.77. The molecule has 1 saturated heterocycles. The number of hydrogen-bond acceptors (Lipinski definition) is 4. The summed E-state index contributed by atoms with van der Waals surface area (Å²) in [6.07, 6.45) is 7.47. The van der Waals surface area contributed by atoms with Gasteiger partial charge in [0.05, 0.1) is 18.8 Å². The van der Waals surface area contributed by atoms with Crippen molar-refractivity contribution in [2.45, 2.75) is 38.3 Å². The molecule has 0 unspecified atom stereocenters. The Hall–Kier alpha value is -0.970. The molecule has 4 nitrogen and oxygen atoms in total. The number of morpholine rings is 1. The maximum atomic E-state index is 6.27. The molecule has 1 spiro atoms. The monoisotopic (exact) mass is 290 g/mol. The Morgan fingerprint density at radius 2 is 2.48 bits per heavy atom. The van der Waals surface area contributed by atoms with Crippen molar-refractivity contribution in [1.29, 1.82) is 0 Å². The fourth-order valence-corrected chi connectivity index (χ4v) is 3.77. The van der Waals surface area contributed by atoms with Gasteiger partial charge in [-0.2, -0.15) is 0 Å². The minimum absolute atomic E-state index is 0.0234. The van der Waals surface area contributed by atoms with Gasteiger partial charge in [0.1, 0.15) is 0 Å². The maximum absolute atomic E-state index is 6.27. The molecule has 21 heavy (non-hydrogen) atoms. The lowest BCUT2D eigenvalue weighted by atomic mass is 9.89. The van der Waals surface area contributed by atoms with E-state index in [1.54, 1.807) is 0 Å². The largest absolute Gasteiger partial charge is 0.381 e. The molecule has 4 heteroatoms. The van der Waals surface area contributed by atoms with E-state index in [1.807, 2.05) is 18.5 Å². The Morgan fingerprint density at radius 3 is 3.29 bits per heavy atom. The third-order valence-corrected chi connectivity index (χ3v) is 4.84. The third-order valence-electron chi connectivity index (χ3n) is 4.84. The summed E-state index contributed by atoms with van der Waals surface area (Å²) in [4.78, 5) is 6.74. The zero-order chi connectivity index (χ0) is 14.5. The van der Waals surface area contributed by atoms with Gasteiger partial charge in [0.2, 0.25) is 0 Å². The fraction of sp³-hybridized carbons (Fsp3) is 0.706. The van der Waals surface area contributed by atoms with Crippen LogP contribution >= 0.6 is 0 Å². The van der Waals surface area contributed by atoms with Crippen molar-refractivity contribution in [2.24, 2.45) is 5.92 Å². The average Bonchev–Trinajstić information content (AvgIpc) is 2.88. The summed E-state index contributed by atoms with van der Waals surface area (Å²) in [5, 5.41) is 0. The van der Waals surface area contributed by atoms with Crippen molar-refractivity contribution in [3.63, 3.8) is 0 Å². The molecule has 0 radical (unpaired) electrons. The Kier molecular flexibility index (Phi) is 4.88. The number of aromatic nitrogens is 1. The van der Waals surface area contributed by atoms with E-state index in [0.29, 0.717) is 5.92 Å². The van der Waals surface area contributed by atoms with Gasteiger partial charge in [-0.25, -0.2) is 0 Å². The van der Waals surface area contributed by atoms with Crippen LogP contribution < -0.4 is 0 Å². The van der Waals surface area contributed by atoms with Crippen molar-refractivity contribution >= 4 is 0 Å². The molecule has 1 aliphatic heterocycles. The van der Waals surface area contributed by atoms with E-state index in [0.717, 1.165) is 39.5 Å². The zero-order valence-corrected chi connectivity index (χ0v) is 13.0. The van der Waals surface area contributed by atoms with E-state index in [9.17, 15) is 0 Å². The van der Waals surface area contributed by atoms with Crippen LogP contribution in [0.25, 0.3) is 0 Å². The summed E-state index contributed by atoms with van der Waals surface area (Å²) in [7, 11) is 0. The molecule has 2 aliphatic rings. The third kappa shape index (κ3) is 3.44. The summed E-state index contributed by atoms with van der Waals surface area (Å²) >= 11 is 0. The Balaban J connectivity index is 1.64. The van der Waals surface area contributed by atoms with Gasteiger partial charge in [-0.05, 0) is 31.4 Å². The molecule has 0 N–H and O–H groups in total. The van der Waals surface area contributed by atoms with E-state index in [2.05, 4.69) is 22.9 Å². The summed E-state index contributed by atoms with van der Waals surface area (Å²) in [5.41, 5.74) is 1.31. The van der Waals surface area contributed by atoms with Gasteiger partial charge < -0.3 is 9.47 Å². The number of rotatable bonds is 5. The Bertz CT molecular complexity index is 440. The Morgan fingerprint density at radius 1 is 1.52 bits per heavy atom. The van der Waals surface area contributed by atoms with E-state index < -0.39 is 0 Å². The van der Waals surface area contributed by atoms with Crippen LogP contribution in [0.4, 0.5) is 0 Å². The highest BCUT2D eigenvalue weighted by Crippen LogP contribution is 2.41. The summed E-state index contributed by atoms with van der Waals surface area (Å²) in [6, 6.07) is 4.17. The number of nitrogens with zero attached hydrogens (tertiary/aromatic N) is 2. The minimum atomic E-state index is 0.0234. The summed E-state index contributed by atoms with van der Waals surface area (Å²) < 4.78 is 12.0. The highest BCUT2D eigenvalue weighted by Gasteiger charge is 2.46. The van der Waals surface area contributed by atoms with Crippen molar-refractivity contribution in [3.05, 3.63) is 30.1 Å². The van der Waals surface area contributed by atoms with Crippen LogP contribution in [-0.4, -0.2) is 48.4 Å². The topological polar surface area (TPSA) is 34.6 Å². The highest BCUT2D eigenvalue weighted by atomic mass is 16.5. The highest BCUT2D eigenvalue weighted by molar-refractivity contribution is 5.09. The molecule has 1 aliphatic carbocycles. The normalized spacial score (nSPS) is 30.0. The van der Waals surface area contributed by atoms with Gasteiger partial charge in [0.15, 0.2) is 0 Å². The van der Waals surface area contributed by atoms with E-state index >= 15 is 0 Å². The van der Waals surface area contributed by atoms with Crippen LogP contribution in [0.2, 0.25) is 0 Å². The number of hydrogen-bond donors (Lipinski definition) is 0. The van der Waals surface area contributed by atoms with Crippen LogP contribution in [0, 0.1) is 5.92 Å². The quantitative estimate of drug-likeness (QED) is 0.834. The lowest BCUT2D eigenvalue weighted by molar-refractivity contribution is -0.142. The van der Waals surface area contributed by atoms with Crippen LogP contribution in [-0.2, 0) is 16.0 Å². The van der Waals surface area contributed by atoms with E-state index in [4.69, 9.17) is 9.47 Å². The molecule has 1 aromatic heterocycles. The summed E-state index contributed by atoms with van der Waals surface area (Å²) in [5.74, 6) is 0.550. The SMILES string of the molecule is CCOC[C@@H]1CCC[C@@]12CN(Cc1cccnc1)CCO2. The molecular formula is C17H26N2O2. The zero-order valence-electron chi connectivity index (χ0n) is 13.0. The lowest BCUT2D eigenvalue weighted by Crippen LogP contribution is -2.54. The van der Waals surface area contributed by atoms with Crippen molar-refractivity contribution < 1.29 is 9.47 Å². The van der Waals surface area contributed by atoms with E-state index in [-0.39, 0.29) is 5.60 Å². The molecule has 2 atom stereocenters. The second-order valence-corrected chi connectivity index (χ2v) is 6.23. The molecule has 0 bridgehead atoms. The minimum Gasteiger partial charge on any atom is -0.381 e. The van der Waals surface area contributed by atoms with Gasteiger partial charge in [-0.15, -0.1) is 0 Å². The first kappa shape index (κ1) is 14.9. The maximum Gasteiger partial charge on any atom is 0.0859 e. The molecular weight excluding hydrogens is 264 g/mol. The van der Waals surface area contributed by atoms with Crippen molar-refractivity contribution in [3.8, 4) is 0 Å². The molecule has 1 aromatic rings. The Labute approximate surface area is 127 Å². The average molecular weight is 290 g/mol. The number of pyridine rings is 1. The predicted octanol–water partition coefficient (Wildman–Crippen LogP) is 2.49. The van der Waals surface area contributed by atoms with Crippen LogP contribution in [0.1, 0.15) is 31.7 Å². The number of ether oxygens (including phenoxy) is 2. The molecule has 2 fully saturated rings. The second-order valence-electron chi connectivity index (χ2n) is 6.23. The predicted molar refractivity (Wildman–Crippen MR) is 82.0 cm³/mol. The van der Waals surface area contributed by atoms with Crippen molar-refractivity contribution in [2.75, 3.05) is 32.9 Å². The van der Waals surface area contributed by atoms with Gasteiger partial charge in [0, 0.05) is 44.6 Å². The van der Waals surface area contributed by atoms with Crippen LogP contribution in [0.3, 0.4) is 0 Å². The van der Waals surface area contributed by atoms with Gasteiger partial charge in [-0.1, -0.05) is 12.5 Å².